The highest BCUT2D eigenvalue weighted by molar-refractivity contribution is 7.99. The number of amides is 2. The molecule has 0 atom stereocenters. The number of nitrogens with one attached hydrogen (secondary N) is 2. The first-order chi connectivity index (χ1) is 18.7. The number of hydrogen-bond acceptors (Lipinski definition) is 12. The molecule has 15 nitrogen and oxygen atoms in total. The molecule has 2 N–H and O–H groups in total. The van der Waals surface area contributed by atoms with Gasteiger partial charge in [0.2, 0.25) is 5.88 Å². The summed E-state index contributed by atoms with van der Waals surface area (Å²) >= 11 is 1.01. The highest BCUT2D eigenvalue weighted by Gasteiger charge is 2.10. The predicted molar refractivity (Wildman–Crippen MR) is 141 cm³/mol. The minimum atomic E-state index is -0.594. The number of thioether (sulfide) groups is 1. The van der Waals surface area contributed by atoms with Crippen LogP contribution in [0.2, 0.25) is 0 Å². The lowest BCUT2D eigenvalue weighted by atomic mass is 10.2. The maximum Gasteiger partial charge on any atom is 0.278 e. The van der Waals surface area contributed by atoms with Crippen molar-refractivity contribution in [3.05, 3.63) is 91.6 Å². The molecule has 1 aromatic heterocycles. The molecule has 16 heteroatoms. The van der Waals surface area contributed by atoms with Crippen LogP contribution in [-0.4, -0.2) is 56.4 Å². The number of nitro groups is 2. The van der Waals surface area contributed by atoms with Crippen LogP contribution in [0.4, 0.5) is 11.4 Å². The molecule has 1 heterocycles. The van der Waals surface area contributed by atoms with E-state index < -0.39 is 28.3 Å². The maximum absolute atomic E-state index is 12.1. The number of rotatable bonds is 12. The van der Waals surface area contributed by atoms with E-state index in [1.165, 1.54) is 54.9 Å². The summed E-state index contributed by atoms with van der Waals surface area (Å²) in [6.07, 6.45) is 2.54. The Kier molecular flexibility index (Phi) is 10.1. The monoisotopic (exact) mass is 552 g/mol. The number of aromatic nitrogens is 2. The van der Waals surface area contributed by atoms with Gasteiger partial charge in [-0.1, -0.05) is 36.0 Å². The molecule has 0 fully saturated rings. The minimum Gasteiger partial charge on any atom is -0.467 e. The summed E-state index contributed by atoms with van der Waals surface area (Å²) in [4.78, 5) is 53.0. The number of carbonyl (C=O) groups is 2. The smallest absolute Gasteiger partial charge is 0.278 e. The molecule has 2 aromatic carbocycles. The molecule has 2 amide bonds. The van der Waals surface area contributed by atoms with Crippen LogP contribution < -0.4 is 15.6 Å². The summed E-state index contributed by atoms with van der Waals surface area (Å²) in [5.74, 6) is -1.03. The summed E-state index contributed by atoms with van der Waals surface area (Å²) in [5, 5.41) is 29.4. The van der Waals surface area contributed by atoms with Crippen molar-refractivity contribution < 1.29 is 24.2 Å². The number of aryl methyl sites for hydroxylation is 1. The topological polar surface area (TPSA) is 204 Å². The standard InChI is InChI=1S/C23H20N8O7S/c1-15-8-22(38-13-20(32)28-24-11-16-4-2-6-18(9-16)30(34)35)27-23(26-15)39-14-21(33)29-25-12-17-5-3-7-19(10-17)31(36)37/h2-12H,13-14H2,1H3,(H,28,32)(H,29,33)/b24-11-,25-12-. The molecule has 3 aromatic rings. The van der Waals surface area contributed by atoms with E-state index >= 15 is 0 Å². The molecule has 0 aliphatic rings. The summed E-state index contributed by atoms with van der Waals surface area (Å²) < 4.78 is 5.38. The zero-order valence-electron chi connectivity index (χ0n) is 20.2. The van der Waals surface area contributed by atoms with Crippen molar-refractivity contribution in [2.45, 2.75) is 12.1 Å². The van der Waals surface area contributed by atoms with Crippen LogP contribution in [0.25, 0.3) is 0 Å². The lowest BCUT2D eigenvalue weighted by molar-refractivity contribution is -0.385. The molecule has 0 bridgehead atoms. The number of hydrazone groups is 2. The van der Waals surface area contributed by atoms with Crippen LogP contribution in [0, 0.1) is 27.2 Å². The molecule has 3 rings (SSSR count). The van der Waals surface area contributed by atoms with Crippen LogP contribution in [0.3, 0.4) is 0 Å². The van der Waals surface area contributed by atoms with Gasteiger partial charge >= 0.3 is 0 Å². The second-order valence-electron chi connectivity index (χ2n) is 7.50. The van der Waals surface area contributed by atoms with Crippen molar-refractivity contribution in [3.63, 3.8) is 0 Å². The average molecular weight is 553 g/mol. The van der Waals surface area contributed by atoms with Crippen molar-refractivity contribution in [1.82, 2.24) is 20.8 Å². The van der Waals surface area contributed by atoms with E-state index in [-0.39, 0.29) is 28.2 Å². The van der Waals surface area contributed by atoms with Crippen LogP contribution in [0.1, 0.15) is 16.8 Å². The van der Waals surface area contributed by atoms with Gasteiger partial charge in [0.05, 0.1) is 28.0 Å². The van der Waals surface area contributed by atoms with E-state index in [1.807, 2.05) is 0 Å². The quantitative estimate of drug-likeness (QED) is 0.110. The largest absolute Gasteiger partial charge is 0.467 e. The Bertz CT molecular complexity index is 1340. The predicted octanol–water partition coefficient (Wildman–Crippen LogP) is 2.37. The van der Waals surface area contributed by atoms with E-state index in [0.29, 0.717) is 16.8 Å². The molecule has 0 radical (unpaired) electrons. The molecule has 0 aliphatic heterocycles. The fourth-order valence-corrected chi connectivity index (χ4v) is 3.47. The number of carbonyl (C=O) groups excluding carboxylic acids is 2. The fourth-order valence-electron chi connectivity index (χ4n) is 2.78. The Morgan fingerprint density at radius 2 is 1.49 bits per heavy atom. The Hall–Kier alpha value is -5.25. The summed E-state index contributed by atoms with van der Waals surface area (Å²) in [6, 6.07) is 13.0. The Labute approximate surface area is 224 Å². The average Bonchev–Trinajstić information content (AvgIpc) is 2.91. The Morgan fingerprint density at radius 1 is 0.923 bits per heavy atom. The van der Waals surface area contributed by atoms with Crippen molar-refractivity contribution >= 4 is 47.4 Å². The molecule has 0 saturated carbocycles. The van der Waals surface area contributed by atoms with E-state index in [4.69, 9.17) is 4.74 Å². The number of nitro benzene ring substituents is 2. The second-order valence-corrected chi connectivity index (χ2v) is 8.44. The van der Waals surface area contributed by atoms with Gasteiger partial charge < -0.3 is 4.74 Å². The summed E-state index contributed by atoms with van der Waals surface area (Å²) in [6.45, 7) is 1.27. The van der Waals surface area contributed by atoms with Gasteiger partial charge in [0, 0.05) is 47.2 Å². The highest BCUT2D eigenvalue weighted by atomic mass is 32.2. The SMILES string of the molecule is Cc1cc(OCC(=O)N/N=C\c2cccc([N+](=O)[O-])c2)nc(SCC(=O)N/N=C\c2cccc([N+](=O)[O-])c2)n1. The first-order valence-electron chi connectivity index (χ1n) is 10.9. The van der Waals surface area contributed by atoms with Crippen molar-refractivity contribution in [2.75, 3.05) is 12.4 Å². The van der Waals surface area contributed by atoms with Crippen LogP contribution in [0.5, 0.6) is 5.88 Å². The summed E-state index contributed by atoms with van der Waals surface area (Å²) in [7, 11) is 0. The molecule has 39 heavy (non-hydrogen) atoms. The van der Waals surface area contributed by atoms with Gasteiger partial charge in [0.25, 0.3) is 23.2 Å². The molecule has 0 unspecified atom stereocenters. The molecule has 0 saturated heterocycles. The first-order valence-corrected chi connectivity index (χ1v) is 11.9. The number of non-ortho nitro benzene ring substituents is 2. The van der Waals surface area contributed by atoms with Crippen LogP contribution in [0.15, 0.2) is 70.0 Å². The zero-order chi connectivity index (χ0) is 28.2. The fraction of sp³-hybridized carbons (Fsp3) is 0.130. The Balaban J connectivity index is 1.46. The van der Waals surface area contributed by atoms with Gasteiger partial charge in [-0.2, -0.15) is 15.2 Å². The van der Waals surface area contributed by atoms with E-state index in [1.54, 1.807) is 19.1 Å². The molecule has 200 valence electrons. The molecular formula is C23H20N8O7S. The number of hydrogen-bond donors (Lipinski definition) is 2. The van der Waals surface area contributed by atoms with Gasteiger partial charge in [-0.05, 0) is 6.92 Å². The molecular weight excluding hydrogens is 532 g/mol. The van der Waals surface area contributed by atoms with Crippen LogP contribution in [-0.2, 0) is 9.59 Å². The van der Waals surface area contributed by atoms with Gasteiger partial charge in [-0.3, -0.25) is 29.8 Å². The van der Waals surface area contributed by atoms with Gasteiger partial charge in [-0.15, -0.1) is 0 Å². The lowest BCUT2D eigenvalue weighted by Crippen LogP contribution is -2.25. The number of benzene rings is 2. The third-order valence-electron chi connectivity index (χ3n) is 4.46. The van der Waals surface area contributed by atoms with Crippen molar-refractivity contribution in [3.8, 4) is 5.88 Å². The van der Waals surface area contributed by atoms with E-state index in [0.717, 1.165) is 11.8 Å². The third-order valence-corrected chi connectivity index (χ3v) is 5.31. The normalized spacial score (nSPS) is 10.9. The second kappa shape index (κ2) is 13.9. The maximum atomic E-state index is 12.1. The van der Waals surface area contributed by atoms with E-state index in [9.17, 15) is 29.8 Å². The Morgan fingerprint density at radius 3 is 2.05 bits per heavy atom. The molecule has 0 aliphatic carbocycles. The van der Waals surface area contributed by atoms with Gasteiger partial charge in [0.15, 0.2) is 11.8 Å². The van der Waals surface area contributed by atoms with E-state index in [2.05, 4.69) is 31.0 Å². The van der Waals surface area contributed by atoms with Crippen molar-refractivity contribution in [1.29, 1.82) is 0 Å². The molecule has 0 spiro atoms. The zero-order valence-corrected chi connectivity index (χ0v) is 21.0. The van der Waals surface area contributed by atoms with Gasteiger partial charge in [0.1, 0.15) is 0 Å². The highest BCUT2D eigenvalue weighted by Crippen LogP contribution is 2.18. The summed E-state index contributed by atoms with van der Waals surface area (Å²) in [5.41, 5.74) is 5.77. The third kappa shape index (κ3) is 9.62. The van der Waals surface area contributed by atoms with Gasteiger partial charge in [-0.25, -0.2) is 15.8 Å². The first kappa shape index (κ1) is 28.3. The van der Waals surface area contributed by atoms with Crippen molar-refractivity contribution in [2.24, 2.45) is 10.2 Å². The lowest BCUT2D eigenvalue weighted by Gasteiger charge is -2.07. The van der Waals surface area contributed by atoms with Crippen LogP contribution >= 0.6 is 11.8 Å². The number of ether oxygens (including phenoxy) is 1. The minimum absolute atomic E-state index is 0.0813. The number of nitrogens with zero attached hydrogens (tertiary/aromatic N) is 6.